The molecule has 0 saturated carbocycles. The van der Waals surface area contributed by atoms with E-state index in [2.05, 4.69) is 38.4 Å². The molecule has 1 aliphatic heterocycles. The van der Waals surface area contributed by atoms with Crippen molar-refractivity contribution in [3.05, 3.63) is 54.2 Å². The zero-order chi connectivity index (χ0) is 17.2. The number of benzene rings is 1. The van der Waals surface area contributed by atoms with E-state index < -0.39 is 0 Å². The van der Waals surface area contributed by atoms with Crippen LogP contribution in [0.5, 0.6) is 0 Å². The Bertz CT molecular complexity index is 881. The van der Waals surface area contributed by atoms with Gasteiger partial charge in [0.1, 0.15) is 5.69 Å². The molecule has 0 aliphatic carbocycles. The highest BCUT2D eigenvalue weighted by atomic mass is 16.1. The zero-order valence-corrected chi connectivity index (χ0v) is 14.2. The molecule has 0 atom stereocenters. The van der Waals surface area contributed by atoms with Gasteiger partial charge in [-0.25, -0.2) is 4.98 Å². The van der Waals surface area contributed by atoms with Gasteiger partial charge in [0, 0.05) is 35.2 Å². The number of piperidine rings is 1. The van der Waals surface area contributed by atoms with E-state index in [0.29, 0.717) is 11.6 Å². The monoisotopic (exact) mass is 335 g/mol. The number of likely N-dealkylation sites (tertiary alicyclic amines) is 1. The van der Waals surface area contributed by atoms with Crippen LogP contribution in [0.15, 0.2) is 43.0 Å². The molecular weight excluding hydrogens is 314 g/mol. The van der Waals surface area contributed by atoms with E-state index in [1.165, 1.54) is 36.2 Å². The SMILES string of the molecule is CN1CCC(c2c[nH]c3ccc(NC(=O)c4cnccn4)cc23)CC1. The van der Waals surface area contributed by atoms with Crippen molar-refractivity contribution in [2.45, 2.75) is 18.8 Å². The van der Waals surface area contributed by atoms with Gasteiger partial charge in [-0.05, 0) is 62.7 Å². The number of hydrogen-bond acceptors (Lipinski definition) is 4. The highest BCUT2D eigenvalue weighted by Gasteiger charge is 2.21. The van der Waals surface area contributed by atoms with Crippen molar-refractivity contribution in [1.82, 2.24) is 19.9 Å². The van der Waals surface area contributed by atoms with Gasteiger partial charge in [-0.2, -0.15) is 0 Å². The van der Waals surface area contributed by atoms with Crippen molar-refractivity contribution < 1.29 is 4.79 Å². The van der Waals surface area contributed by atoms with E-state index in [0.717, 1.165) is 24.3 Å². The van der Waals surface area contributed by atoms with Crippen LogP contribution >= 0.6 is 0 Å². The summed E-state index contributed by atoms with van der Waals surface area (Å²) in [4.78, 5) is 26.0. The van der Waals surface area contributed by atoms with Crippen LogP contribution in [-0.4, -0.2) is 45.9 Å². The molecule has 1 aromatic carbocycles. The normalized spacial score (nSPS) is 16.2. The number of H-pyrrole nitrogens is 1. The predicted molar refractivity (Wildman–Crippen MR) is 97.8 cm³/mol. The van der Waals surface area contributed by atoms with Crippen molar-refractivity contribution in [2.24, 2.45) is 0 Å². The lowest BCUT2D eigenvalue weighted by molar-refractivity contribution is 0.102. The van der Waals surface area contributed by atoms with Gasteiger partial charge in [0.25, 0.3) is 5.91 Å². The van der Waals surface area contributed by atoms with Gasteiger partial charge in [0.05, 0.1) is 6.20 Å². The molecule has 6 heteroatoms. The summed E-state index contributed by atoms with van der Waals surface area (Å²) in [6.07, 6.45) is 8.99. The largest absolute Gasteiger partial charge is 0.361 e. The Morgan fingerprint density at radius 2 is 2.12 bits per heavy atom. The number of aromatic amines is 1. The molecule has 0 bridgehead atoms. The van der Waals surface area contributed by atoms with Gasteiger partial charge in [-0.15, -0.1) is 0 Å². The molecule has 128 valence electrons. The molecule has 1 amide bonds. The summed E-state index contributed by atoms with van der Waals surface area (Å²) in [5, 5.41) is 4.10. The van der Waals surface area contributed by atoms with Crippen LogP contribution in [0.25, 0.3) is 10.9 Å². The van der Waals surface area contributed by atoms with E-state index in [-0.39, 0.29) is 5.91 Å². The highest BCUT2D eigenvalue weighted by molar-refractivity contribution is 6.03. The number of carbonyl (C=O) groups excluding carboxylic acids is 1. The predicted octanol–water partition coefficient (Wildman–Crippen LogP) is 3.02. The van der Waals surface area contributed by atoms with Gasteiger partial charge < -0.3 is 15.2 Å². The van der Waals surface area contributed by atoms with E-state index in [9.17, 15) is 4.79 Å². The molecule has 0 unspecified atom stereocenters. The van der Waals surface area contributed by atoms with Gasteiger partial charge in [-0.3, -0.25) is 9.78 Å². The summed E-state index contributed by atoms with van der Waals surface area (Å²) >= 11 is 0. The molecule has 1 saturated heterocycles. The highest BCUT2D eigenvalue weighted by Crippen LogP contribution is 2.34. The zero-order valence-electron chi connectivity index (χ0n) is 14.2. The fourth-order valence-electron chi connectivity index (χ4n) is 3.49. The standard InChI is InChI=1S/C19H21N5O/c1-24-8-4-13(5-9-24)16-11-22-17-3-2-14(10-15(16)17)23-19(25)18-12-20-6-7-21-18/h2-3,6-7,10-13,22H,4-5,8-9H2,1H3,(H,23,25). The summed E-state index contributed by atoms with van der Waals surface area (Å²) in [6, 6.07) is 5.97. The van der Waals surface area contributed by atoms with Crippen LogP contribution in [0, 0.1) is 0 Å². The smallest absolute Gasteiger partial charge is 0.275 e. The van der Waals surface area contributed by atoms with E-state index in [1.54, 1.807) is 6.20 Å². The fraction of sp³-hybridized carbons (Fsp3) is 0.316. The molecule has 2 aromatic heterocycles. The first-order chi connectivity index (χ1) is 12.2. The fourth-order valence-corrected chi connectivity index (χ4v) is 3.49. The van der Waals surface area contributed by atoms with E-state index in [1.807, 2.05) is 18.2 Å². The molecule has 4 rings (SSSR count). The number of fused-ring (bicyclic) bond motifs is 1. The Labute approximate surface area is 146 Å². The number of amides is 1. The second-order valence-corrected chi connectivity index (χ2v) is 6.63. The number of nitrogens with one attached hydrogen (secondary N) is 2. The lowest BCUT2D eigenvalue weighted by atomic mass is 9.89. The quantitative estimate of drug-likeness (QED) is 0.771. The third-order valence-corrected chi connectivity index (χ3v) is 4.93. The number of aromatic nitrogens is 3. The van der Waals surface area contributed by atoms with Crippen molar-refractivity contribution in [3.63, 3.8) is 0 Å². The first-order valence-electron chi connectivity index (χ1n) is 8.57. The van der Waals surface area contributed by atoms with Gasteiger partial charge in [0.2, 0.25) is 0 Å². The minimum atomic E-state index is -0.246. The first kappa shape index (κ1) is 15.8. The van der Waals surface area contributed by atoms with Crippen molar-refractivity contribution in [3.8, 4) is 0 Å². The maximum absolute atomic E-state index is 12.3. The lowest BCUT2D eigenvalue weighted by Crippen LogP contribution is -2.29. The molecule has 1 fully saturated rings. The first-order valence-corrected chi connectivity index (χ1v) is 8.57. The molecule has 2 N–H and O–H groups in total. The van der Waals surface area contributed by atoms with Crippen molar-refractivity contribution in [1.29, 1.82) is 0 Å². The molecule has 0 radical (unpaired) electrons. The third kappa shape index (κ3) is 3.25. The molecule has 1 aliphatic rings. The summed E-state index contributed by atoms with van der Waals surface area (Å²) < 4.78 is 0. The maximum atomic E-state index is 12.3. The summed E-state index contributed by atoms with van der Waals surface area (Å²) in [7, 11) is 2.17. The summed E-state index contributed by atoms with van der Waals surface area (Å²) in [5.74, 6) is 0.319. The van der Waals surface area contributed by atoms with Crippen molar-refractivity contribution >= 4 is 22.5 Å². The van der Waals surface area contributed by atoms with E-state index in [4.69, 9.17) is 0 Å². The Morgan fingerprint density at radius 1 is 1.28 bits per heavy atom. The topological polar surface area (TPSA) is 73.9 Å². The van der Waals surface area contributed by atoms with Gasteiger partial charge >= 0.3 is 0 Å². The number of nitrogens with zero attached hydrogens (tertiary/aromatic N) is 3. The van der Waals surface area contributed by atoms with Crippen LogP contribution in [0.4, 0.5) is 5.69 Å². The van der Waals surface area contributed by atoms with Crippen LogP contribution < -0.4 is 5.32 Å². The molecule has 0 spiro atoms. The minimum Gasteiger partial charge on any atom is -0.361 e. The summed E-state index contributed by atoms with van der Waals surface area (Å²) in [6.45, 7) is 2.25. The molecule has 6 nitrogen and oxygen atoms in total. The van der Waals surface area contributed by atoms with Crippen LogP contribution in [0.3, 0.4) is 0 Å². The number of anilines is 1. The average molecular weight is 335 g/mol. The second-order valence-electron chi connectivity index (χ2n) is 6.63. The Hall–Kier alpha value is -2.73. The maximum Gasteiger partial charge on any atom is 0.275 e. The molecule has 3 aromatic rings. The summed E-state index contributed by atoms with van der Waals surface area (Å²) in [5.41, 5.74) is 3.54. The Balaban J connectivity index is 1.59. The van der Waals surface area contributed by atoms with Gasteiger partial charge in [-0.1, -0.05) is 0 Å². The number of rotatable bonds is 3. The molecule has 3 heterocycles. The third-order valence-electron chi connectivity index (χ3n) is 4.93. The molecule has 25 heavy (non-hydrogen) atoms. The number of carbonyl (C=O) groups is 1. The Kier molecular flexibility index (Phi) is 4.19. The minimum absolute atomic E-state index is 0.246. The van der Waals surface area contributed by atoms with Gasteiger partial charge in [0.15, 0.2) is 0 Å². The Morgan fingerprint density at radius 3 is 2.88 bits per heavy atom. The molecular formula is C19H21N5O. The van der Waals surface area contributed by atoms with Crippen LogP contribution in [0.1, 0.15) is 34.8 Å². The van der Waals surface area contributed by atoms with Crippen LogP contribution in [0.2, 0.25) is 0 Å². The van der Waals surface area contributed by atoms with E-state index >= 15 is 0 Å². The van der Waals surface area contributed by atoms with Crippen molar-refractivity contribution in [2.75, 3.05) is 25.5 Å². The average Bonchev–Trinajstić information content (AvgIpc) is 3.06. The van der Waals surface area contributed by atoms with Crippen LogP contribution in [-0.2, 0) is 0 Å². The lowest BCUT2D eigenvalue weighted by Gasteiger charge is -2.28. The second kappa shape index (κ2) is 6.64. The number of hydrogen-bond donors (Lipinski definition) is 2.